The van der Waals surface area contributed by atoms with Crippen LogP contribution in [0.3, 0.4) is 0 Å². The average Bonchev–Trinajstić information content (AvgIpc) is 2.20. The van der Waals surface area contributed by atoms with Crippen LogP contribution < -0.4 is 0 Å². The molecule has 84 valence electrons. The van der Waals surface area contributed by atoms with Crippen molar-refractivity contribution in [2.75, 3.05) is 0 Å². The van der Waals surface area contributed by atoms with Gasteiger partial charge in [-0.25, -0.2) is 0 Å². The Balaban J connectivity index is 3.40. The summed E-state index contributed by atoms with van der Waals surface area (Å²) in [5, 5.41) is 0. The minimum atomic E-state index is 1.04. The molecule has 0 heterocycles. The molecule has 0 aliphatic carbocycles. The Labute approximate surface area is 92.3 Å². The summed E-state index contributed by atoms with van der Waals surface area (Å²) in [7, 11) is 2.32. The van der Waals surface area contributed by atoms with E-state index in [-0.39, 0.29) is 0 Å². The van der Waals surface area contributed by atoms with Crippen LogP contribution in [0.25, 0.3) is 0 Å². The molecule has 0 rings (SSSR count). The van der Waals surface area contributed by atoms with Gasteiger partial charge in [-0.15, -0.1) is 0 Å². The van der Waals surface area contributed by atoms with Gasteiger partial charge in [0.1, 0.15) is 7.85 Å². The standard InChI is InChI=1S/C13H29B/c1-3-5-7-8-10-13(11-12-14)9-6-4-2/h13H,3-12,14H2,1-2H3. The summed E-state index contributed by atoms with van der Waals surface area (Å²) < 4.78 is 0. The van der Waals surface area contributed by atoms with E-state index >= 15 is 0 Å². The summed E-state index contributed by atoms with van der Waals surface area (Å²) in [4.78, 5) is 0. The first kappa shape index (κ1) is 14.1. The molecule has 0 saturated carbocycles. The number of rotatable bonds is 10. The summed E-state index contributed by atoms with van der Waals surface area (Å²) in [6.45, 7) is 4.60. The molecule has 0 nitrogen and oxygen atoms in total. The lowest BCUT2D eigenvalue weighted by atomic mass is 9.86. The lowest BCUT2D eigenvalue weighted by Crippen LogP contribution is -2.00. The normalized spacial score (nSPS) is 13.0. The van der Waals surface area contributed by atoms with Crippen molar-refractivity contribution in [3.05, 3.63) is 0 Å². The molecule has 1 atom stereocenters. The molecule has 0 bridgehead atoms. The molecule has 0 fully saturated rings. The maximum atomic E-state index is 2.32. The Morgan fingerprint density at radius 2 is 1.43 bits per heavy atom. The van der Waals surface area contributed by atoms with Crippen LogP contribution in [0.15, 0.2) is 0 Å². The lowest BCUT2D eigenvalue weighted by Gasteiger charge is -2.15. The van der Waals surface area contributed by atoms with Gasteiger partial charge < -0.3 is 0 Å². The van der Waals surface area contributed by atoms with Crippen LogP contribution in [-0.4, -0.2) is 7.85 Å². The maximum Gasteiger partial charge on any atom is 0.101 e. The van der Waals surface area contributed by atoms with E-state index in [2.05, 4.69) is 21.7 Å². The van der Waals surface area contributed by atoms with E-state index in [1.165, 1.54) is 64.1 Å². The van der Waals surface area contributed by atoms with Gasteiger partial charge in [-0.05, 0) is 5.92 Å². The topological polar surface area (TPSA) is 0 Å². The second kappa shape index (κ2) is 11.1. The minimum absolute atomic E-state index is 1.04. The van der Waals surface area contributed by atoms with E-state index in [1.54, 1.807) is 0 Å². The lowest BCUT2D eigenvalue weighted by molar-refractivity contribution is 0.401. The van der Waals surface area contributed by atoms with Gasteiger partial charge in [0.15, 0.2) is 0 Å². The van der Waals surface area contributed by atoms with Crippen LogP contribution in [0, 0.1) is 5.92 Å². The van der Waals surface area contributed by atoms with Crippen LogP contribution in [0.1, 0.15) is 71.6 Å². The fourth-order valence-electron chi connectivity index (χ4n) is 2.19. The van der Waals surface area contributed by atoms with Gasteiger partial charge in [-0.2, -0.15) is 0 Å². The third-order valence-electron chi connectivity index (χ3n) is 3.13. The quantitative estimate of drug-likeness (QED) is 0.362. The Morgan fingerprint density at radius 1 is 0.786 bits per heavy atom. The molecule has 0 aromatic heterocycles. The number of unbranched alkanes of at least 4 members (excludes halogenated alkanes) is 4. The second-order valence-electron chi connectivity index (χ2n) is 4.65. The van der Waals surface area contributed by atoms with Crippen molar-refractivity contribution in [3.8, 4) is 0 Å². The molecule has 1 unspecified atom stereocenters. The molecule has 0 amide bonds. The van der Waals surface area contributed by atoms with E-state index in [4.69, 9.17) is 0 Å². The highest BCUT2D eigenvalue weighted by molar-refractivity contribution is 6.08. The Kier molecular flexibility index (Phi) is 11.2. The van der Waals surface area contributed by atoms with E-state index in [0.29, 0.717) is 0 Å². The van der Waals surface area contributed by atoms with Crippen molar-refractivity contribution in [1.82, 2.24) is 0 Å². The molecule has 0 aliphatic rings. The minimum Gasteiger partial charge on any atom is -0.0808 e. The Morgan fingerprint density at radius 3 is 2.00 bits per heavy atom. The molecule has 0 aromatic rings. The number of hydrogen-bond donors (Lipinski definition) is 0. The fourth-order valence-corrected chi connectivity index (χ4v) is 2.19. The fraction of sp³-hybridized carbons (Fsp3) is 1.00. The first-order valence-corrected chi connectivity index (χ1v) is 6.85. The molecule has 1 heteroatoms. The molecule has 0 N–H and O–H groups in total. The van der Waals surface area contributed by atoms with Crippen molar-refractivity contribution in [2.45, 2.75) is 78.0 Å². The van der Waals surface area contributed by atoms with Gasteiger partial charge in [0.2, 0.25) is 0 Å². The van der Waals surface area contributed by atoms with Gasteiger partial charge in [0, 0.05) is 0 Å². The summed E-state index contributed by atoms with van der Waals surface area (Å²) in [6, 6.07) is 0. The summed E-state index contributed by atoms with van der Waals surface area (Å²) in [5.74, 6) is 1.04. The first-order valence-electron chi connectivity index (χ1n) is 6.85. The largest absolute Gasteiger partial charge is 0.101 e. The third kappa shape index (κ3) is 8.65. The van der Waals surface area contributed by atoms with Gasteiger partial charge in [-0.1, -0.05) is 78.0 Å². The highest BCUT2D eigenvalue weighted by atomic mass is 14.1. The van der Waals surface area contributed by atoms with Crippen molar-refractivity contribution < 1.29 is 0 Å². The number of hydrogen-bond acceptors (Lipinski definition) is 0. The van der Waals surface area contributed by atoms with E-state index in [1.807, 2.05) is 0 Å². The summed E-state index contributed by atoms with van der Waals surface area (Å²) in [6.07, 6.45) is 14.4. The zero-order valence-electron chi connectivity index (χ0n) is 10.6. The van der Waals surface area contributed by atoms with Crippen molar-refractivity contribution in [2.24, 2.45) is 5.92 Å². The summed E-state index contributed by atoms with van der Waals surface area (Å²) >= 11 is 0. The van der Waals surface area contributed by atoms with Crippen LogP contribution in [0.5, 0.6) is 0 Å². The molecule has 0 saturated heterocycles. The predicted molar refractivity (Wildman–Crippen MR) is 69.7 cm³/mol. The third-order valence-corrected chi connectivity index (χ3v) is 3.13. The zero-order chi connectivity index (χ0) is 10.6. The van der Waals surface area contributed by atoms with Crippen molar-refractivity contribution in [3.63, 3.8) is 0 Å². The van der Waals surface area contributed by atoms with E-state index in [0.717, 1.165) is 5.92 Å². The SMILES string of the molecule is BCCC(CCCC)CCCCCC. The van der Waals surface area contributed by atoms with Crippen molar-refractivity contribution >= 4 is 7.85 Å². The van der Waals surface area contributed by atoms with Crippen LogP contribution in [0.4, 0.5) is 0 Å². The molecule has 14 heavy (non-hydrogen) atoms. The summed E-state index contributed by atoms with van der Waals surface area (Å²) in [5.41, 5.74) is 0. The molecular formula is C13H29B. The molecule has 0 radical (unpaired) electrons. The zero-order valence-corrected chi connectivity index (χ0v) is 10.6. The van der Waals surface area contributed by atoms with Gasteiger partial charge in [-0.3, -0.25) is 0 Å². The van der Waals surface area contributed by atoms with Gasteiger partial charge in [0.25, 0.3) is 0 Å². The molecule has 0 aromatic carbocycles. The molecular weight excluding hydrogens is 167 g/mol. The van der Waals surface area contributed by atoms with Crippen LogP contribution in [0.2, 0.25) is 6.32 Å². The second-order valence-corrected chi connectivity index (χ2v) is 4.65. The smallest absolute Gasteiger partial charge is 0.0808 e. The highest BCUT2D eigenvalue weighted by Gasteiger charge is 2.06. The van der Waals surface area contributed by atoms with Gasteiger partial charge in [0.05, 0.1) is 0 Å². The van der Waals surface area contributed by atoms with E-state index in [9.17, 15) is 0 Å². The van der Waals surface area contributed by atoms with Crippen LogP contribution in [-0.2, 0) is 0 Å². The first-order chi connectivity index (χ1) is 6.85. The van der Waals surface area contributed by atoms with Crippen molar-refractivity contribution in [1.29, 1.82) is 0 Å². The Bertz CT molecular complexity index is 101. The van der Waals surface area contributed by atoms with Crippen LogP contribution >= 0.6 is 0 Å². The molecule has 0 spiro atoms. The predicted octanol–water partition coefficient (Wildman–Crippen LogP) is 4.20. The van der Waals surface area contributed by atoms with Gasteiger partial charge >= 0.3 is 0 Å². The highest BCUT2D eigenvalue weighted by Crippen LogP contribution is 2.21. The monoisotopic (exact) mass is 196 g/mol. The van der Waals surface area contributed by atoms with E-state index < -0.39 is 0 Å². The molecule has 0 aliphatic heterocycles. The average molecular weight is 196 g/mol. The maximum absolute atomic E-state index is 2.32. The Hall–Kier alpha value is 0.0649.